The third kappa shape index (κ3) is 14.2. The maximum absolute atomic E-state index is 10.5. The van der Waals surface area contributed by atoms with E-state index in [9.17, 15) is 8.42 Å². The molecule has 0 spiro atoms. The molecule has 0 atom stereocenters. The standard InChI is InChI=1S/C10H21ClO3S/c1-2-3-4-5-6-8-14-9-7-10-15(11,12)13/h2-10H2,1H3. The van der Waals surface area contributed by atoms with E-state index in [0.717, 1.165) is 13.0 Å². The number of hydrogen-bond acceptors (Lipinski definition) is 3. The van der Waals surface area contributed by atoms with Gasteiger partial charge in [-0.25, -0.2) is 8.42 Å². The Morgan fingerprint density at radius 3 is 2.20 bits per heavy atom. The van der Waals surface area contributed by atoms with Gasteiger partial charge in [0, 0.05) is 23.9 Å². The maximum Gasteiger partial charge on any atom is 0.232 e. The normalized spacial score (nSPS) is 11.9. The van der Waals surface area contributed by atoms with Crippen LogP contribution in [0.15, 0.2) is 0 Å². The van der Waals surface area contributed by atoms with Crippen molar-refractivity contribution in [3.63, 3.8) is 0 Å². The van der Waals surface area contributed by atoms with Gasteiger partial charge in [0.1, 0.15) is 0 Å². The molecule has 0 rings (SSSR count). The molecule has 0 aliphatic carbocycles. The maximum atomic E-state index is 10.5. The van der Waals surface area contributed by atoms with Crippen LogP contribution in [0.5, 0.6) is 0 Å². The van der Waals surface area contributed by atoms with Crippen molar-refractivity contribution in [3.8, 4) is 0 Å². The second-order valence-electron chi connectivity index (χ2n) is 3.62. The van der Waals surface area contributed by atoms with Crippen molar-refractivity contribution in [2.45, 2.75) is 45.4 Å². The van der Waals surface area contributed by atoms with Crippen LogP contribution in [0.4, 0.5) is 0 Å². The molecule has 0 fully saturated rings. The smallest absolute Gasteiger partial charge is 0.232 e. The second kappa shape index (κ2) is 9.43. The molecule has 0 saturated carbocycles. The molecule has 0 aliphatic heterocycles. The minimum absolute atomic E-state index is 0.00436. The predicted octanol–water partition coefficient (Wildman–Crippen LogP) is 2.93. The molecule has 92 valence electrons. The minimum Gasteiger partial charge on any atom is -0.381 e. The average molecular weight is 257 g/mol. The summed E-state index contributed by atoms with van der Waals surface area (Å²) in [7, 11) is 1.71. The zero-order valence-corrected chi connectivity index (χ0v) is 10.9. The Morgan fingerprint density at radius 2 is 1.60 bits per heavy atom. The molecule has 0 heterocycles. The molecule has 0 amide bonds. The fourth-order valence-electron chi connectivity index (χ4n) is 1.24. The summed E-state index contributed by atoms with van der Waals surface area (Å²) in [5.41, 5.74) is 0. The summed E-state index contributed by atoms with van der Waals surface area (Å²) >= 11 is 0. The van der Waals surface area contributed by atoms with Crippen molar-refractivity contribution in [1.29, 1.82) is 0 Å². The zero-order valence-electron chi connectivity index (χ0n) is 9.37. The first-order valence-corrected chi connectivity index (χ1v) is 8.04. The van der Waals surface area contributed by atoms with Crippen molar-refractivity contribution in [1.82, 2.24) is 0 Å². The van der Waals surface area contributed by atoms with Crippen LogP contribution in [0.3, 0.4) is 0 Å². The number of hydrogen-bond donors (Lipinski definition) is 0. The molecule has 0 aromatic heterocycles. The van der Waals surface area contributed by atoms with Crippen molar-refractivity contribution in [2.24, 2.45) is 0 Å². The van der Waals surface area contributed by atoms with Gasteiger partial charge in [-0.1, -0.05) is 32.6 Å². The molecule has 0 aromatic carbocycles. The first-order chi connectivity index (χ1) is 7.06. The van der Waals surface area contributed by atoms with Crippen LogP contribution in [0.2, 0.25) is 0 Å². The topological polar surface area (TPSA) is 43.4 Å². The Morgan fingerprint density at radius 1 is 1.00 bits per heavy atom. The van der Waals surface area contributed by atoms with Crippen LogP contribution in [0.25, 0.3) is 0 Å². The lowest BCUT2D eigenvalue weighted by Gasteiger charge is -2.02. The second-order valence-corrected chi connectivity index (χ2v) is 6.52. The summed E-state index contributed by atoms with van der Waals surface area (Å²) in [6.45, 7) is 3.40. The Hall–Kier alpha value is 0.200. The van der Waals surface area contributed by atoms with Gasteiger partial charge in [0.05, 0.1) is 5.75 Å². The van der Waals surface area contributed by atoms with E-state index in [4.69, 9.17) is 15.4 Å². The summed E-state index contributed by atoms with van der Waals surface area (Å²) in [5.74, 6) is 0.00436. The van der Waals surface area contributed by atoms with E-state index in [2.05, 4.69) is 6.92 Å². The summed E-state index contributed by atoms with van der Waals surface area (Å²) in [5, 5.41) is 0. The molecule has 15 heavy (non-hydrogen) atoms. The molecule has 0 aliphatic rings. The van der Waals surface area contributed by atoms with Gasteiger partial charge < -0.3 is 4.74 Å². The van der Waals surface area contributed by atoms with Gasteiger partial charge in [-0.15, -0.1) is 0 Å². The third-order valence-corrected chi connectivity index (χ3v) is 3.31. The zero-order chi connectivity index (χ0) is 11.6. The lowest BCUT2D eigenvalue weighted by Crippen LogP contribution is -2.03. The van der Waals surface area contributed by atoms with Crippen molar-refractivity contribution in [2.75, 3.05) is 19.0 Å². The Bertz CT molecular complexity index is 227. The fourth-order valence-corrected chi connectivity index (χ4v) is 2.03. The van der Waals surface area contributed by atoms with Gasteiger partial charge in [0.25, 0.3) is 0 Å². The van der Waals surface area contributed by atoms with Crippen LogP contribution >= 0.6 is 10.7 Å². The lowest BCUT2D eigenvalue weighted by atomic mass is 10.2. The van der Waals surface area contributed by atoms with Gasteiger partial charge in [0.15, 0.2) is 0 Å². The molecule has 0 saturated heterocycles. The summed E-state index contributed by atoms with van der Waals surface area (Å²) in [6, 6.07) is 0. The number of unbranched alkanes of at least 4 members (excludes halogenated alkanes) is 4. The van der Waals surface area contributed by atoms with Crippen molar-refractivity contribution < 1.29 is 13.2 Å². The highest BCUT2D eigenvalue weighted by atomic mass is 35.7. The predicted molar refractivity (Wildman–Crippen MR) is 63.8 cm³/mol. The number of ether oxygens (including phenoxy) is 1. The number of rotatable bonds is 10. The van der Waals surface area contributed by atoms with Gasteiger partial charge in [-0.2, -0.15) is 0 Å². The van der Waals surface area contributed by atoms with Crippen LogP contribution in [0.1, 0.15) is 45.4 Å². The average Bonchev–Trinajstić information content (AvgIpc) is 2.14. The van der Waals surface area contributed by atoms with Crippen molar-refractivity contribution >= 4 is 19.7 Å². The highest BCUT2D eigenvalue weighted by Crippen LogP contribution is 2.03. The molecular weight excluding hydrogens is 236 g/mol. The van der Waals surface area contributed by atoms with Gasteiger partial charge in [0.2, 0.25) is 9.05 Å². The van der Waals surface area contributed by atoms with E-state index < -0.39 is 9.05 Å². The van der Waals surface area contributed by atoms with Gasteiger partial charge in [-0.05, 0) is 12.8 Å². The fraction of sp³-hybridized carbons (Fsp3) is 1.00. The van der Waals surface area contributed by atoms with Crippen LogP contribution < -0.4 is 0 Å². The Kier molecular flexibility index (Phi) is 9.55. The van der Waals surface area contributed by atoms with E-state index in [-0.39, 0.29) is 5.75 Å². The van der Waals surface area contributed by atoms with E-state index >= 15 is 0 Å². The minimum atomic E-state index is -3.34. The van der Waals surface area contributed by atoms with Gasteiger partial charge in [-0.3, -0.25) is 0 Å². The molecule has 5 heteroatoms. The van der Waals surface area contributed by atoms with Crippen LogP contribution in [-0.2, 0) is 13.8 Å². The molecule has 0 aromatic rings. The third-order valence-electron chi connectivity index (χ3n) is 2.07. The molecule has 3 nitrogen and oxygen atoms in total. The van der Waals surface area contributed by atoms with Crippen LogP contribution in [-0.4, -0.2) is 27.4 Å². The van der Waals surface area contributed by atoms with Gasteiger partial charge >= 0.3 is 0 Å². The monoisotopic (exact) mass is 256 g/mol. The Balaban J connectivity index is 3.06. The summed E-state index contributed by atoms with van der Waals surface area (Å²) in [4.78, 5) is 0. The number of halogens is 1. The lowest BCUT2D eigenvalue weighted by molar-refractivity contribution is 0.131. The molecule has 0 N–H and O–H groups in total. The summed E-state index contributed by atoms with van der Waals surface area (Å²) in [6.07, 6.45) is 6.53. The first kappa shape index (κ1) is 15.2. The largest absolute Gasteiger partial charge is 0.381 e. The van der Waals surface area contributed by atoms with Crippen molar-refractivity contribution in [3.05, 3.63) is 0 Å². The summed E-state index contributed by atoms with van der Waals surface area (Å²) < 4.78 is 26.4. The highest BCUT2D eigenvalue weighted by Gasteiger charge is 2.03. The molecule has 0 radical (unpaired) electrons. The van der Waals surface area contributed by atoms with E-state index in [1.54, 1.807) is 0 Å². The van der Waals surface area contributed by atoms with E-state index in [1.807, 2.05) is 0 Å². The quantitative estimate of drug-likeness (QED) is 0.446. The first-order valence-electron chi connectivity index (χ1n) is 5.56. The van der Waals surface area contributed by atoms with Crippen LogP contribution in [0, 0.1) is 0 Å². The Labute approximate surface area is 97.6 Å². The molecular formula is C10H21ClO3S. The SMILES string of the molecule is CCCCCCCOCCCS(=O)(=O)Cl. The molecule has 0 bridgehead atoms. The molecule has 0 unspecified atom stereocenters. The van der Waals surface area contributed by atoms with E-state index in [1.165, 1.54) is 25.7 Å². The highest BCUT2D eigenvalue weighted by molar-refractivity contribution is 8.13. The van der Waals surface area contributed by atoms with E-state index in [0.29, 0.717) is 13.0 Å².